The second-order valence-electron chi connectivity index (χ2n) is 8.83. The van der Waals surface area contributed by atoms with Gasteiger partial charge in [0.2, 0.25) is 5.91 Å². The second kappa shape index (κ2) is 9.92. The van der Waals surface area contributed by atoms with E-state index in [0.717, 1.165) is 5.56 Å². The summed E-state index contributed by atoms with van der Waals surface area (Å²) in [6.07, 6.45) is 0.0147. The summed E-state index contributed by atoms with van der Waals surface area (Å²) < 4.78 is 42.1. The highest BCUT2D eigenvalue weighted by molar-refractivity contribution is 7.91. The number of hydrogen-bond donors (Lipinski definition) is 0. The molecule has 0 saturated carbocycles. The summed E-state index contributed by atoms with van der Waals surface area (Å²) in [7, 11) is -1.46. The van der Waals surface area contributed by atoms with Crippen molar-refractivity contribution in [1.29, 1.82) is 0 Å². The third-order valence-electron chi connectivity index (χ3n) is 6.61. The number of halogens is 2. The van der Waals surface area contributed by atoms with Crippen LogP contribution in [0.15, 0.2) is 48.5 Å². The summed E-state index contributed by atoms with van der Waals surface area (Å²) in [4.78, 5) is 29.3. The van der Waals surface area contributed by atoms with Gasteiger partial charge in [-0.3, -0.25) is 4.79 Å². The molecular weight excluding hydrogens is 483 g/mol. The average Bonchev–Trinajstić information content (AvgIpc) is 3.25. The highest BCUT2D eigenvalue weighted by Gasteiger charge is 2.42. The Balaban J connectivity index is 1.52. The topological polar surface area (TPSA) is 84.0 Å². The lowest BCUT2D eigenvalue weighted by molar-refractivity contribution is -0.134. The van der Waals surface area contributed by atoms with E-state index < -0.39 is 21.7 Å². The Morgan fingerprint density at radius 3 is 2.26 bits per heavy atom. The predicted octanol–water partition coefficient (Wildman–Crippen LogP) is 3.73. The molecule has 2 amide bonds. The molecular formula is C24H26ClFN2O5S. The van der Waals surface area contributed by atoms with E-state index in [1.54, 1.807) is 24.1 Å². The van der Waals surface area contributed by atoms with Crippen LogP contribution in [0.1, 0.15) is 24.3 Å². The summed E-state index contributed by atoms with van der Waals surface area (Å²) in [6, 6.07) is 12.1. The molecule has 0 radical (unpaired) electrons. The first-order chi connectivity index (χ1) is 16.1. The normalized spacial score (nSPS) is 22.4. The number of ether oxygens (including phenoxy) is 1. The van der Waals surface area contributed by atoms with Crippen molar-refractivity contribution in [2.24, 2.45) is 5.92 Å². The van der Waals surface area contributed by atoms with E-state index in [0.29, 0.717) is 31.0 Å². The van der Waals surface area contributed by atoms with Crippen molar-refractivity contribution in [3.63, 3.8) is 0 Å². The van der Waals surface area contributed by atoms with Crippen LogP contribution in [0.5, 0.6) is 5.75 Å². The van der Waals surface area contributed by atoms with Gasteiger partial charge < -0.3 is 14.5 Å². The molecule has 2 fully saturated rings. The third kappa shape index (κ3) is 5.52. The summed E-state index contributed by atoms with van der Waals surface area (Å²) in [5.41, 5.74) is 0.928. The smallest absolute Gasteiger partial charge is 0.410 e. The molecule has 2 saturated heterocycles. The van der Waals surface area contributed by atoms with Gasteiger partial charge in [-0.2, -0.15) is 0 Å². The van der Waals surface area contributed by atoms with Crippen molar-refractivity contribution in [3.8, 4) is 5.75 Å². The van der Waals surface area contributed by atoms with Crippen LogP contribution in [0, 0.1) is 11.7 Å². The lowest BCUT2D eigenvalue weighted by atomic mass is 9.93. The number of hydrogen-bond acceptors (Lipinski definition) is 5. The molecule has 2 aliphatic heterocycles. The molecule has 2 heterocycles. The van der Waals surface area contributed by atoms with Gasteiger partial charge in [0.25, 0.3) is 0 Å². The van der Waals surface area contributed by atoms with Crippen LogP contribution in [-0.4, -0.2) is 67.9 Å². The minimum Gasteiger partial charge on any atom is -0.410 e. The molecule has 0 N–H and O–H groups in total. The minimum absolute atomic E-state index is 0.0190. The van der Waals surface area contributed by atoms with Crippen molar-refractivity contribution in [1.82, 2.24) is 9.80 Å². The number of nitrogens with zero attached hydrogens (tertiary/aromatic N) is 2. The molecule has 0 bridgehead atoms. The summed E-state index contributed by atoms with van der Waals surface area (Å²) in [5.74, 6) is -0.788. The van der Waals surface area contributed by atoms with Crippen molar-refractivity contribution in [2.75, 3.05) is 31.6 Å². The first kappa shape index (κ1) is 24.5. The minimum atomic E-state index is -3.07. The zero-order valence-electron chi connectivity index (χ0n) is 18.7. The Morgan fingerprint density at radius 2 is 1.65 bits per heavy atom. The van der Waals surface area contributed by atoms with Gasteiger partial charge >= 0.3 is 6.09 Å². The molecule has 34 heavy (non-hydrogen) atoms. The van der Waals surface area contributed by atoms with Crippen LogP contribution < -0.4 is 4.74 Å². The number of sulfone groups is 1. The van der Waals surface area contributed by atoms with Crippen LogP contribution in [0.2, 0.25) is 5.02 Å². The highest BCUT2D eigenvalue weighted by atomic mass is 35.5. The van der Waals surface area contributed by atoms with Gasteiger partial charge in [0, 0.05) is 37.0 Å². The SMILES string of the molecule is CN(C(=O)Oc1ccc(F)cc1)C1CN(C(=O)C2CCS(=O)(=O)CC2)CC1c1ccc(Cl)cc1. The standard InChI is InChI=1S/C24H26ClFN2O5S/c1-27(24(30)33-20-8-6-19(26)7-9-20)22-15-28(14-21(22)16-2-4-18(25)5-3-16)23(29)17-10-12-34(31,32)13-11-17/h2-9,17,21-22H,10-15H2,1H3. The van der Waals surface area contributed by atoms with E-state index in [1.807, 2.05) is 12.1 Å². The Morgan fingerprint density at radius 1 is 1.03 bits per heavy atom. The molecule has 0 aliphatic carbocycles. The molecule has 4 rings (SSSR count). The fourth-order valence-corrected chi connectivity index (χ4v) is 6.22. The first-order valence-corrected chi connectivity index (χ1v) is 13.3. The quantitative estimate of drug-likeness (QED) is 0.628. The zero-order valence-corrected chi connectivity index (χ0v) is 20.3. The highest BCUT2D eigenvalue weighted by Crippen LogP contribution is 2.34. The molecule has 10 heteroatoms. The Labute approximate surface area is 203 Å². The van der Waals surface area contributed by atoms with Crippen LogP contribution in [0.4, 0.5) is 9.18 Å². The molecule has 0 aromatic heterocycles. The number of likely N-dealkylation sites (tertiary alicyclic amines) is 1. The maximum atomic E-state index is 13.2. The summed E-state index contributed by atoms with van der Waals surface area (Å²) in [6.45, 7) is 0.687. The number of amides is 2. The number of likely N-dealkylation sites (N-methyl/N-ethyl adjacent to an activating group) is 1. The van der Waals surface area contributed by atoms with Gasteiger partial charge in [-0.15, -0.1) is 0 Å². The molecule has 2 atom stereocenters. The molecule has 7 nitrogen and oxygen atoms in total. The molecule has 2 unspecified atom stereocenters. The molecule has 182 valence electrons. The van der Waals surface area contributed by atoms with Gasteiger partial charge in [0.05, 0.1) is 17.5 Å². The molecule has 0 spiro atoms. The predicted molar refractivity (Wildman–Crippen MR) is 126 cm³/mol. The second-order valence-corrected chi connectivity index (χ2v) is 11.6. The van der Waals surface area contributed by atoms with Crippen molar-refractivity contribution < 1.29 is 27.1 Å². The van der Waals surface area contributed by atoms with Gasteiger partial charge in [0.15, 0.2) is 0 Å². The fourth-order valence-electron chi connectivity index (χ4n) is 4.60. The summed E-state index contributed by atoms with van der Waals surface area (Å²) in [5, 5.41) is 0.582. The monoisotopic (exact) mass is 508 g/mol. The van der Waals surface area contributed by atoms with Crippen LogP contribution >= 0.6 is 11.6 Å². The van der Waals surface area contributed by atoms with Gasteiger partial charge in [0.1, 0.15) is 21.4 Å². The lowest BCUT2D eigenvalue weighted by Crippen LogP contribution is -2.44. The van der Waals surface area contributed by atoms with Crippen LogP contribution in [-0.2, 0) is 14.6 Å². The number of carbonyl (C=O) groups is 2. The van der Waals surface area contributed by atoms with Crippen molar-refractivity contribution in [2.45, 2.75) is 24.8 Å². The Kier molecular flexibility index (Phi) is 7.14. The lowest BCUT2D eigenvalue weighted by Gasteiger charge is -2.28. The van der Waals surface area contributed by atoms with Crippen LogP contribution in [0.25, 0.3) is 0 Å². The van der Waals surface area contributed by atoms with Gasteiger partial charge in [-0.25, -0.2) is 17.6 Å². The van der Waals surface area contributed by atoms with Crippen molar-refractivity contribution in [3.05, 3.63) is 64.9 Å². The van der Waals surface area contributed by atoms with E-state index >= 15 is 0 Å². The van der Waals surface area contributed by atoms with E-state index in [-0.39, 0.29) is 41.0 Å². The average molecular weight is 509 g/mol. The van der Waals surface area contributed by atoms with E-state index in [1.165, 1.54) is 29.2 Å². The molecule has 2 aromatic carbocycles. The molecule has 2 aromatic rings. The number of benzene rings is 2. The largest absolute Gasteiger partial charge is 0.415 e. The maximum absolute atomic E-state index is 13.2. The third-order valence-corrected chi connectivity index (χ3v) is 8.57. The zero-order chi connectivity index (χ0) is 24.5. The van der Waals surface area contributed by atoms with Crippen molar-refractivity contribution >= 4 is 33.4 Å². The van der Waals surface area contributed by atoms with Gasteiger partial charge in [-0.05, 0) is 54.8 Å². The molecule has 2 aliphatic rings. The fraction of sp³-hybridized carbons (Fsp3) is 0.417. The first-order valence-electron chi connectivity index (χ1n) is 11.1. The Bertz CT molecular complexity index is 1140. The summed E-state index contributed by atoms with van der Waals surface area (Å²) >= 11 is 6.05. The van der Waals surface area contributed by atoms with E-state index in [2.05, 4.69) is 0 Å². The van der Waals surface area contributed by atoms with E-state index in [9.17, 15) is 22.4 Å². The Hall–Kier alpha value is -2.65. The van der Waals surface area contributed by atoms with E-state index in [4.69, 9.17) is 16.3 Å². The van der Waals surface area contributed by atoms with Gasteiger partial charge in [-0.1, -0.05) is 23.7 Å². The van der Waals surface area contributed by atoms with Crippen LogP contribution in [0.3, 0.4) is 0 Å². The maximum Gasteiger partial charge on any atom is 0.415 e. The number of rotatable bonds is 4. The number of carbonyl (C=O) groups excluding carboxylic acids is 2.